The van der Waals surface area contributed by atoms with Crippen LogP contribution in [0.15, 0.2) is 11.5 Å². The number of hydrogen-bond acceptors (Lipinski definition) is 3. The second-order valence-electron chi connectivity index (χ2n) is 4.16. The number of allylic oxidation sites excluding steroid dienone is 1. The van der Waals surface area contributed by atoms with E-state index in [0.717, 1.165) is 10.7 Å². The molecule has 0 saturated heterocycles. The predicted molar refractivity (Wildman–Crippen MR) is 65.1 cm³/mol. The molecule has 0 bridgehead atoms. The second-order valence-corrected chi connectivity index (χ2v) is 5.05. The van der Waals surface area contributed by atoms with Gasteiger partial charge in [0.1, 0.15) is 5.01 Å². The molecular weight excluding hydrogens is 206 g/mol. The molecule has 0 aliphatic carbocycles. The molecule has 0 aromatic carbocycles. The van der Waals surface area contributed by atoms with Crippen LogP contribution in [0.2, 0.25) is 0 Å². The van der Waals surface area contributed by atoms with Crippen molar-refractivity contribution in [3.8, 4) is 0 Å². The number of aromatic nitrogens is 1. The van der Waals surface area contributed by atoms with Crippen molar-refractivity contribution in [2.75, 3.05) is 0 Å². The normalized spacial score (nSPS) is 11.9. The minimum Gasteiger partial charge on any atom is -0.295 e. The summed E-state index contributed by atoms with van der Waals surface area (Å²) in [6.07, 6.45) is 3.42. The minimum atomic E-state index is 0.0609. The lowest BCUT2D eigenvalue weighted by Gasteiger charge is -1.96. The molecule has 82 valence electrons. The van der Waals surface area contributed by atoms with Gasteiger partial charge >= 0.3 is 0 Å². The fourth-order valence-corrected chi connectivity index (χ4v) is 1.86. The summed E-state index contributed by atoms with van der Waals surface area (Å²) in [4.78, 5) is 15.8. The molecule has 0 unspecified atom stereocenters. The lowest BCUT2D eigenvalue weighted by Crippen LogP contribution is -2.01. The highest BCUT2D eigenvalue weighted by atomic mass is 32.1. The number of rotatable bonds is 4. The number of hydrogen-bond donors (Lipinski definition) is 0. The van der Waals surface area contributed by atoms with Gasteiger partial charge in [-0.25, -0.2) is 4.98 Å². The monoisotopic (exact) mass is 223 g/mol. The summed E-state index contributed by atoms with van der Waals surface area (Å²) in [7, 11) is 0. The van der Waals surface area contributed by atoms with Crippen molar-refractivity contribution in [3.63, 3.8) is 0 Å². The SMILES string of the molecule is CC(C)C(=O)C=Cc1nc(C(C)C)cs1. The van der Waals surface area contributed by atoms with Gasteiger partial charge in [-0.05, 0) is 18.1 Å². The Hall–Kier alpha value is -0.960. The first-order valence-corrected chi connectivity index (χ1v) is 6.06. The average molecular weight is 223 g/mol. The highest BCUT2D eigenvalue weighted by Crippen LogP contribution is 2.18. The lowest BCUT2D eigenvalue weighted by molar-refractivity contribution is -0.117. The zero-order chi connectivity index (χ0) is 11.4. The first kappa shape index (κ1) is 12.1. The van der Waals surface area contributed by atoms with E-state index in [0.29, 0.717) is 5.92 Å². The molecule has 2 nitrogen and oxygen atoms in total. The molecule has 0 aliphatic heterocycles. The van der Waals surface area contributed by atoms with Gasteiger partial charge in [-0.3, -0.25) is 4.79 Å². The molecular formula is C12H17NOS. The van der Waals surface area contributed by atoms with Gasteiger partial charge in [-0.15, -0.1) is 11.3 Å². The lowest BCUT2D eigenvalue weighted by atomic mass is 10.1. The first-order chi connectivity index (χ1) is 7.00. The fraction of sp³-hybridized carbons (Fsp3) is 0.500. The Kier molecular flexibility index (Phi) is 4.21. The largest absolute Gasteiger partial charge is 0.295 e. The van der Waals surface area contributed by atoms with Gasteiger partial charge in [0.05, 0.1) is 5.69 Å². The predicted octanol–water partition coefficient (Wildman–Crippen LogP) is 3.50. The van der Waals surface area contributed by atoms with Gasteiger partial charge in [-0.1, -0.05) is 27.7 Å². The molecule has 0 aliphatic rings. The Morgan fingerprint density at radius 3 is 2.53 bits per heavy atom. The first-order valence-electron chi connectivity index (χ1n) is 5.18. The van der Waals surface area contributed by atoms with E-state index in [9.17, 15) is 4.79 Å². The summed E-state index contributed by atoms with van der Waals surface area (Å²) in [5.41, 5.74) is 1.09. The van der Waals surface area contributed by atoms with Gasteiger partial charge < -0.3 is 0 Å². The summed E-state index contributed by atoms with van der Waals surface area (Å²) in [6.45, 7) is 8.02. The zero-order valence-corrected chi connectivity index (χ0v) is 10.5. The number of carbonyl (C=O) groups is 1. The standard InChI is InChI=1S/C12H17NOS/c1-8(2)10-7-15-12(13-10)6-5-11(14)9(3)4/h5-9H,1-4H3. The molecule has 0 fully saturated rings. The van der Waals surface area contributed by atoms with Crippen LogP contribution in [0.25, 0.3) is 6.08 Å². The Morgan fingerprint density at radius 1 is 1.40 bits per heavy atom. The van der Waals surface area contributed by atoms with Gasteiger partial charge in [0, 0.05) is 11.3 Å². The third-order valence-corrected chi connectivity index (χ3v) is 2.92. The Labute approximate surface area is 95.0 Å². The van der Waals surface area contributed by atoms with Crippen LogP contribution in [0.5, 0.6) is 0 Å². The number of ketones is 1. The zero-order valence-electron chi connectivity index (χ0n) is 9.65. The van der Waals surface area contributed by atoms with Crippen molar-refractivity contribution in [3.05, 3.63) is 22.2 Å². The molecule has 1 rings (SSSR count). The fourth-order valence-electron chi connectivity index (χ4n) is 0.988. The van der Waals surface area contributed by atoms with Crippen LogP contribution in [0, 0.1) is 5.92 Å². The molecule has 1 aromatic rings. The van der Waals surface area contributed by atoms with Crippen molar-refractivity contribution in [1.29, 1.82) is 0 Å². The van der Waals surface area contributed by atoms with E-state index in [1.165, 1.54) is 0 Å². The summed E-state index contributed by atoms with van der Waals surface area (Å²) in [5, 5.41) is 2.96. The second kappa shape index (κ2) is 5.21. The highest BCUT2D eigenvalue weighted by Gasteiger charge is 2.05. The molecule has 0 saturated carbocycles. The Morgan fingerprint density at radius 2 is 2.07 bits per heavy atom. The highest BCUT2D eigenvalue weighted by molar-refractivity contribution is 7.10. The van der Waals surface area contributed by atoms with Gasteiger partial charge in [-0.2, -0.15) is 0 Å². The maximum absolute atomic E-state index is 11.3. The van der Waals surface area contributed by atoms with Crippen LogP contribution in [-0.2, 0) is 4.79 Å². The molecule has 0 radical (unpaired) electrons. The van der Waals surface area contributed by atoms with E-state index >= 15 is 0 Å². The summed E-state index contributed by atoms with van der Waals surface area (Å²) < 4.78 is 0. The molecule has 0 spiro atoms. The molecule has 1 heterocycles. The van der Waals surface area contributed by atoms with Crippen molar-refractivity contribution in [2.24, 2.45) is 5.92 Å². The van der Waals surface area contributed by atoms with E-state index in [-0.39, 0.29) is 11.7 Å². The number of thiazole rings is 1. The number of nitrogens with zero attached hydrogens (tertiary/aromatic N) is 1. The van der Waals surface area contributed by atoms with Crippen LogP contribution >= 0.6 is 11.3 Å². The van der Waals surface area contributed by atoms with Crippen LogP contribution in [0.4, 0.5) is 0 Å². The van der Waals surface area contributed by atoms with E-state index in [4.69, 9.17) is 0 Å². The van der Waals surface area contributed by atoms with Gasteiger partial charge in [0.2, 0.25) is 0 Å². The van der Waals surface area contributed by atoms with E-state index in [1.54, 1.807) is 23.5 Å². The van der Waals surface area contributed by atoms with E-state index in [1.807, 2.05) is 19.2 Å². The van der Waals surface area contributed by atoms with Crippen molar-refractivity contribution >= 4 is 23.2 Å². The molecule has 0 atom stereocenters. The van der Waals surface area contributed by atoms with E-state index in [2.05, 4.69) is 18.8 Å². The third-order valence-electron chi connectivity index (χ3n) is 2.09. The molecule has 1 aromatic heterocycles. The van der Waals surface area contributed by atoms with Gasteiger partial charge in [0.15, 0.2) is 5.78 Å². The van der Waals surface area contributed by atoms with E-state index < -0.39 is 0 Å². The van der Waals surface area contributed by atoms with Gasteiger partial charge in [0.25, 0.3) is 0 Å². The molecule has 0 N–H and O–H groups in total. The Balaban J connectivity index is 2.69. The topological polar surface area (TPSA) is 30.0 Å². The average Bonchev–Trinajstić information content (AvgIpc) is 2.62. The van der Waals surface area contributed by atoms with Crippen molar-refractivity contribution in [2.45, 2.75) is 33.6 Å². The minimum absolute atomic E-state index is 0.0609. The van der Waals surface area contributed by atoms with Crippen LogP contribution in [0.3, 0.4) is 0 Å². The van der Waals surface area contributed by atoms with Crippen LogP contribution < -0.4 is 0 Å². The molecule has 15 heavy (non-hydrogen) atoms. The summed E-state index contributed by atoms with van der Waals surface area (Å²) >= 11 is 1.58. The summed E-state index contributed by atoms with van der Waals surface area (Å²) in [5.74, 6) is 0.659. The molecule has 0 amide bonds. The maximum atomic E-state index is 11.3. The quantitative estimate of drug-likeness (QED) is 0.731. The van der Waals surface area contributed by atoms with Crippen LogP contribution in [-0.4, -0.2) is 10.8 Å². The van der Waals surface area contributed by atoms with Crippen LogP contribution in [0.1, 0.15) is 44.3 Å². The Bertz CT molecular complexity index is 363. The number of carbonyl (C=O) groups excluding carboxylic acids is 1. The maximum Gasteiger partial charge on any atom is 0.158 e. The van der Waals surface area contributed by atoms with Crippen molar-refractivity contribution in [1.82, 2.24) is 4.98 Å². The third kappa shape index (κ3) is 3.59. The van der Waals surface area contributed by atoms with Crippen molar-refractivity contribution < 1.29 is 4.79 Å². The molecule has 3 heteroatoms. The smallest absolute Gasteiger partial charge is 0.158 e. The summed E-state index contributed by atoms with van der Waals surface area (Å²) in [6, 6.07) is 0.